The fourth-order valence-electron chi connectivity index (χ4n) is 2.56. The van der Waals surface area contributed by atoms with Crippen LogP contribution < -0.4 is 15.4 Å². The number of nitrogens with zero attached hydrogens (tertiary/aromatic N) is 2. The lowest BCUT2D eigenvalue weighted by Crippen LogP contribution is -2.15. The van der Waals surface area contributed by atoms with Crippen LogP contribution in [0, 0.1) is 6.92 Å². The van der Waals surface area contributed by atoms with Gasteiger partial charge in [0.25, 0.3) is 5.91 Å². The van der Waals surface area contributed by atoms with Crippen LogP contribution in [0.5, 0.6) is 5.75 Å². The summed E-state index contributed by atoms with van der Waals surface area (Å²) in [5.74, 6) is 0.856. The number of carbonyl (C=O) groups is 1. The number of aromatic nitrogens is 2. The van der Waals surface area contributed by atoms with E-state index in [4.69, 9.17) is 4.74 Å². The zero-order valence-corrected chi connectivity index (χ0v) is 15.6. The zero-order chi connectivity index (χ0) is 19.2. The Morgan fingerprint density at radius 3 is 2.30 bits per heavy atom. The molecule has 0 saturated carbocycles. The summed E-state index contributed by atoms with van der Waals surface area (Å²) >= 11 is 0. The van der Waals surface area contributed by atoms with Crippen molar-refractivity contribution >= 4 is 23.2 Å². The largest absolute Gasteiger partial charge is 0.497 e. The van der Waals surface area contributed by atoms with Crippen LogP contribution in [-0.4, -0.2) is 23.0 Å². The minimum atomic E-state index is -0.275. The first-order chi connectivity index (χ1) is 13.1. The number of benzene rings is 2. The van der Waals surface area contributed by atoms with Crippen LogP contribution in [0.2, 0.25) is 0 Å². The summed E-state index contributed by atoms with van der Waals surface area (Å²) in [5.41, 5.74) is 3.77. The Labute approximate surface area is 158 Å². The van der Waals surface area contributed by atoms with Gasteiger partial charge in [0.2, 0.25) is 5.95 Å². The van der Waals surface area contributed by atoms with Crippen molar-refractivity contribution in [2.45, 2.75) is 20.3 Å². The minimum Gasteiger partial charge on any atom is -0.497 e. The normalized spacial score (nSPS) is 10.3. The van der Waals surface area contributed by atoms with Gasteiger partial charge >= 0.3 is 0 Å². The number of nitrogens with one attached hydrogen (secondary N) is 2. The number of amides is 1. The fourth-order valence-corrected chi connectivity index (χ4v) is 2.56. The highest BCUT2D eigenvalue weighted by Crippen LogP contribution is 2.19. The number of aryl methyl sites for hydroxylation is 2. The number of hydrogen-bond acceptors (Lipinski definition) is 5. The van der Waals surface area contributed by atoms with Crippen LogP contribution in [-0.2, 0) is 6.42 Å². The maximum atomic E-state index is 12.6. The first kappa shape index (κ1) is 18.4. The van der Waals surface area contributed by atoms with Gasteiger partial charge in [-0.15, -0.1) is 0 Å². The van der Waals surface area contributed by atoms with Gasteiger partial charge in [0.1, 0.15) is 11.4 Å². The third-order valence-corrected chi connectivity index (χ3v) is 4.05. The van der Waals surface area contributed by atoms with E-state index in [-0.39, 0.29) is 5.91 Å². The van der Waals surface area contributed by atoms with Crippen molar-refractivity contribution in [3.8, 4) is 5.75 Å². The smallest absolute Gasteiger partial charge is 0.274 e. The number of hydrogen-bond donors (Lipinski definition) is 2. The number of carbonyl (C=O) groups excluding carboxylic acids is 1. The van der Waals surface area contributed by atoms with Crippen molar-refractivity contribution in [3.63, 3.8) is 0 Å². The third-order valence-electron chi connectivity index (χ3n) is 4.05. The van der Waals surface area contributed by atoms with Gasteiger partial charge in [-0.1, -0.05) is 19.1 Å². The van der Waals surface area contributed by atoms with Crippen LogP contribution >= 0.6 is 0 Å². The second kappa shape index (κ2) is 8.31. The van der Waals surface area contributed by atoms with Crippen molar-refractivity contribution in [1.82, 2.24) is 9.97 Å². The molecule has 138 valence electrons. The maximum Gasteiger partial charge on any atom is 0.274 e. The number of ether oxygens (including phenoxy) is 1. The summed E-state index contributed by atoms with van der Waals surface area (Å²) in [7, 11) is 1.62. The molecule has 0 spiro atoms. The summed E-state index contributed by atoms with van der Waals surface area (Å²) in [6.45, 7) is 3.92. The molecule has 0 aliphatic carbocycles. The summed E-state index contributed by atoms with van der Waals surface area (Å²) in [4.78, 5) is 21.2. The minimum absolute atomic E-state index is 0.275. The number of methoxy groups -OCH3 is 1. The summed E-state index contributed by atoms with van der Waals surface area (Å²) < 4.78 is 5.15. The fraction of sp³-hybridized carbons (Fsp3) is 0.190. The lowest BCUT2D eigenvalue weighted by Gasteiger charge is -2.10. The predicted octanol–water partition coefficient (Wildman–Crippen LogP) is 4.35. The van der Waals surface area contributed by atoms with Gasteiger partial charge in [-0.25, -0.2) is 9.97 Å². The zero-order valence-electron chi connectivity index (χ0n) is 15.6. The van der Waals surface area contributed by atoms with Crippen molar-refractivity contribution < 1.29 is 9.53 Å². The highest BCUT2D eigenvalue weighted by Gasteiger charge is 2.11. The molecule has 1 aromatic heterocycles. The SMILES string of the molecule is CCc1ccc(NC(=O)c2cc(C)nc(Nc3ccc(OC)cc3)n2)cc1. The molecule has 0 bridgehead atoms. The molecule has 0 saturated heterocycles. The topological polar surface area (TPSA) is 76.1 Å². The molecule has 6 nitrogen and oxygen atoms in total. The van der Waals surface area contributed by atoms with E-state index < -0.39 is 0 Å². The molecule has 6 heteroatoms. The maximum absolute atomic E-state index is 12.6. The van der Waals surface area contributed by atoms with Gasteiger partial charge in [-0.3, -0.25) is 4.79 Å². The van der Waals surface area contributed by atoms with E-state index in [2.05, 4.69) is 27.5 Å². The summed E-state index contributed by atoms with van der Waals surface area (Å²) in [6, 6.07) is 16.8. The molecular weight excluding hydrogens is 340 g/mol. The van der Waals surface area contributed by atoms with Crippen LogP contribution in [0.25, 0.3) is 0 Å². The quantitative estimate of drug-likeness (QED) is 0.682. The summed E-state index contributed by atoms with van der Waals surface area (Å²) in [6.07, 6.45) is 0.958. The van der Waals surface area contributed by atoms with E-state index >= 15 is 0 Å². The Bertz CT molecular complexity index is 922. The lowest BCUT2D eigenvalue weighted by molar-refractivity contribution is 0.102. The van der Waals surface area contributed by atoms with Gasteiger partial charge in [0, 0.05) is 17.1 Å². The van der Waals surface area contributed by atoms with Crippen LogP contribution in [0.15, 0.2) is 54.6 Å². The molecule has 0 unspecified atom stereocenters. The van der Waals surface area contributed by atoms with Gasteiger partial charge < -0.3 is 15.4 Å². The van der Waals surface area contributed by atoms with Gasteiger partial charge in [-0.05, 0) is 61.4 Å². The lowest BCUT2D eigenvalue weighted by atomic mass is 10.1. The first-order valence-corrected chi connectivity index (χ1v) is 8.74. The second-order valence-corrected chi connectivity index (χ2v) is 6.08. The van der Waals surface area contributed by atoms with E-state index in [9.17, 15) is 4.79 Å². The molecule has 0 atom stereocenters. The molecule has 2 aromatic carbocycles. The van der Waals surface area contributed by atoms with Gasteiger partial charge in [0.05, 0.1) is 7.11 Å². The Kier molecular flexibility index (Phi) is 5.66. The van der Waals surface area contributed by atoms with Crippen molar-refractivity contribution in [3.05, 3.63) is 71.5 Å². The molecule has 0 fully saturated rings. The second-order valence-electron chi connectivity index (χ2n) is 6.08. The molecule has 0 aliphatic rings. The average molecular weight is 362 g/mol. The van der Waals surface area contributed by atoms with Gasteiger partial charge in [-0.2, -0.15) is 0 Å². The van der Waals surface area contributed by atoms with Crippen molar-refractivity contribution in [2.75, 3.05) is 17.7 Å². The molecule has 1 amide bonds. The van der Waals surface area contributed by atoms with Crippen LogP contribution in [0.3, 0.4) is 0 Å². The Hall–Kier alpha value is -3.41. The third kappa shape index (κ3) is 4.82. The van der Waals surface area contributed by atoms with Gasteiger partial charge in [0.15, 0.2) is 0 Å². The van der Waals surface area contributed by atoms with Crippen LogP contribution in [0.4, 0.5) is 17.3 Å². The van der Waals surface area contributed by atoms with Crippen molar-refractivity contribution in [2.24, 2.45) is 0 Å². The predicted molar refractivity (Wildman–Crippen MR) is 107 cm³/mol. The van der Waals surface area contributed by atoms with E-state index in [0.29, 0.717) is 17.3 Å². The molecule has 0 aliphatic heterocycles. The standard InChI is InChI=1S/C21H22N4O2/c1-4-15-5-7-16(8-6-15)23-20(26)19-13-14(2)22-21(25-19)24-17-9-11-18(27-3)12-10-17/h5-13H,4H2,1-3H3,(H,23,26)(H,22,24,25). The number of rotatable bonds is 6. The molecule has 0 radical (unpaired) electrons. The Balaban J connectivity index is 1.75. The highest BCUT2D eigenvalue weighted by atomic mass is 16.5. The molecule has 1 heterocycles. The monoisotopic (exact) mass is 362 g/mol. The van der Waals surface area contributed by atoms with Crippen molar-refractivity contribution in [1.29, 1.82) is 0 Å². The average Bonchev–Trinajstić information content (AvgIpc) is 2.68. The molecule has 3 rings (SSSR count). The van der Waals surface area contributed by atoms with E-state index in [1.165, 1.54) is 5.56 Å². The van der Waals surface area contributed by atoms with E-state index in [1.54, 1.807) is 13.2 Å². The van der Waals surface area contributed by atoms with Crippen LogP contribution in [0.1, 0.15) is 28.7 Å². The molecular formula is C21H22N4O2. The summed E-state index contributed by atoms with van der Waals surface area (Å²) in [5, 5.41) is 5.98. The highest BCUT2D eigenvalue weighted by molar-refractivity contribution is 6.03. The number of anilines is 3. The molecule has 3 aromatic rings. The first-order valence-electron chi connectivity index (χ1n) is 8.74. The molecule has 2 N–H and O–H groups in total. The molecule has 27 heavy (non-hydrogen) atoms. The van der Waals surface area contributed by atoms with E-state index in [0.717, 1.165) is 23.5 Å². The Morgan fingerprint density at radius 1 is 1.00 bits per heavy atom. The van der Waals surface area contributed by atoms with E-state index in [1.807, 2.05) is 55.5 Å². The Morgan fingerprint density at radius 2 is 1.67 bits per heavy atom.